The molecule has 1 aliphatic heterocycles. The Labute approximate surface area is 121 Å². The number of rotatable bonds is 3. The quantitative estimate of drug-likeness (QED) is 0.813. The van der Waals surface area contributed by atoms with Gasteiger partial charge in [0.25, 0.3) is 11.7 Å². The highest BCUT2D eigenvalue weighted by molar-refractivity contribution is 6.54. The molecule has 0 saturated heterocycles. The maximum atomic E-state index is 12.1. The van der Waals surface area contributed by atoms with Crippen molar-refractivity contribution >= 4 is 29.0 Å². The lowest BCUT2D eigenvalue weighted by atomic mass is 10.1. The molecule has 0 bridgehead atoms. The molecule has 0 spiro atoms. The number of hydrogen-bond donors (Lipinski definition) is 0. The molecule has 0 atom stereocenters. The Morgan fingerprint density at radius 1 is 0.950 bits per heavy atom. The van der Waals surface area contributed by atoms with Crippen LogP contribution in [-0.4, -0.2) is 18.2 Å². The van der Waals surface area contributed by atoms with E-state index in [1.54, 1.807) is 18.2 Å². The summed E-state index contributed by atoms with van der Waals surface area (Å²) in [5.41, 5.74) is 2.06. The van der Waals surface area contributed by atoms with Gasteiger partial charge in [0.1, 0.15) is 0 Å². The molecule has 1 amide bonds. The molecule has 2 aromatic rings. The zero-order chi connectivity index (χ0) is 14.1. The first-order valence-corrected chi connectivity index (χ1v) is 6.75. The molecule has 20 heavy (non-hydrogen) atoms. The van der Waals surface area contributed by atoms with Crippen LogP contribution in [0.5, 0.6) is 0 Å². The number of nitrogens with zero attached hydrogens (tertiary/aromatic N) is 1. The summed E-state index contributed by atoms with van der Waals surface area (Å²) in [7, 11) is 0. The van der Waals surface area contributed by atoms with E-state index in [2.05, 4.69) is 0 Å². The number of carbonyl (C=O) groups excluding carboxylic acids is 2. The van der Waals surface area contributed by atoms with Crippen LogP contribution in [-0.2, 0) is 11.2 Å². The largest absolute Gasteiger partial charge is 0.303 e. The fourth-order valence-corrected chi connectivity index (χ4v) is 2.69. The fourth-order valence-electron chi connectivity index (χ4n) is 2.41. The van der Waals surface area contributed by atoms with Crippen molar-refractivity contribution in [2.75, 3.05) is 11.4 Å². The molecule has 3 nitrogen and oxygen atoms in total. The molecule has 4 heteroatoms. The first kappa shape index (κ1) is 12.9. The number of amides is 1. The number of ketones is 1. The van der Waals surface area contributed by atoms with E-state index >= 15 is 0 Å². The summed E-state index contributed by atoms with van der Waals surface area (Å²) < 4.78 is 0. The summed E-state index contributed by atoms with van der Waals surface area (Å²) in [6, 6.07) is 14.9. The van der Waals surface area contributed by atoms with Crippen molar-refractivity contribution in [1.82, 2.24) is 0 Å². The number of carbonyl (C=O) groups is 2. The third-order valence-electron chi connectivity index (χ3n) is 3.41. The van der Waals surface area contributed by atoms with E-state index in [9.17, 15) is 9.59 Å². The molecule has 0 unspecified atom stereocenters. The highest BCUT2D eigenvalue weighted by Crippen LogP contribution is 2.35. The van der Waals surface area contributed by atoms with Crippen molar-refractivity contribution in [2.45, 2.75) is 6.42 Å². The molecule has 0 radical (unpaired) electrons. The molecule has 3 rings (SSSR count). The lowest BCUT2D eigenvalue weighted by Gasteiger charge is -2.17. The van der Waals surface area contributed by atoms with Crippen molar-refractivity contribution < 1.29 is 9.59 Å². The Morgan fingerprint density at radius 3 is 2.45 bits per heavy atom. The Hall–Kier alpha value is -2.13. The van der Waals surface area contributed by atoms with Gasteiger partial charge in [0.2, 0.25) is 0 Å². The van der Waals surface area contributed by atoms with Gasteiger partial charge in [-0.15, -0.1) is 0 Å². The van der Waals surface area contributed by atoms with Gasteiger partial charge >= 0.3 is 0 Å². The number of para-hydroxylation sites is 1. The van der Waals surface area contributed by atoms with E-state index in [0.29, 0.717) is 29.2 Å². The van der Waals surface area contributed by atoms with Crippen LogP contribution in [0.4, 0.5) is 5.69 Å². The van der Waals surface area contributed by atoms with Gasteiger partial charge in [0, 0.05) is 6.54 Å². The van der Waals surface area contributed by atoms with Gasteiger partial charge in [-0.3, -0.25) is 9.59 Å². The molecule has 0 saturated carbocycles. The third-order valence-corrected chi connectivity index (χ3v) is 3.71. The van der Waals surface area contributed by atoms with Crippen LogP contribution >= 0.6 is 11.6 Å². The molecule has 0 aliphatic carbocycles. The van der Waals surface area contributed by atoms with Crippen LogP contribution in [0.3, 0.4) is 0 Å². The SMILES string of the molecule is O=C1C(=O)N(CCc2ccccc2)c2c(Cl)cccc21. The van der Waals surface area contributed by atoms with E-state index in [-0.39, 0.29) is 0 Å². The molecule has 0 fully saturated rings. The van der Waals surface area contributed by atoms with Crippen LogP contribution in [0, 0.1) is 0 Å². The molecule has 1 aliphatic rings. The van der Waals surface area contributed by atoms with Crippen LogP contribution in [0.1, 0.15) is 15.9 Å². The lowest BCUT2D eigenvalue weighted by molar-refractivity contribution is -0.114. The smallest absolute Gasteiger partial charge is 0.299 e. The predicted molar refractivity (Wildman–Crippen MR) is 78.3 cm³/mol. The van der Waals surface area contributed by atoms with E-state index in [0.717, 1.165) is 5.56 Å². The fraction of sp³-hybridized carbons (Fsp3) is 0.125. The van der Waals surface area contributed by atoms with E-state index < -0.39 is 11.7 Å². The van der Waals surface area contributed by atoms with Gasteiger partial charge in [-0.1, -0.05) is 48.0 Å². The van der Waals surface area contributed by atoms with Crippen molar-refractivity contribution in [1.29, 1.82) is 0 Å². The van der Waals surface area contributed by atoms with Gasteiger partial charge < -0.3 is 4.90 Å². The summed E-state index contributed by atoms with van der Waals surface area (Å²) in [6.45, 7) is 0.450. The standard InChI is InChI=1S/C16H12ClNO2/c17-13-8-4-7-12-14(13)18(16(20)15(12)19)10-9-11-5-2-1-3-6-11/h1-8H,9-10H2. The van der Waals surface area contributed by atoms with Gasteiger partial charge in [-0.2, -0.15) is 0 Å². The van der Waals surface area contributed by atoms with Gasteiger partial charge in [-0.05, 0) is 24.1 Å². The summed E-state index contributed by atoms with van der Waals surface area (Å²) in [5, 5.41) is 0.440. The summed E-state index contributed by atoms with van der Waals surface area (Å²) in [5.74, 6) is -0.973. The summed E-state index contributed by atoms with van der Waals surface area (Å²) in [6.07, 6.45) is 0.685. The number of halogens is 1. The number of fused-ring (bicyclic) bond motifs is 1. The second-order valence-electron chi connectivity index (χ2n) is 4.66. The molecule has 100 valence electrons. The van der Waals surface area contributed by atoms with E-state index in [1.165, 1.54) is 4.90 Å². The molecular formula is C16H12ClNO2. The van der Waals surface area contributed by atoms with E-state index in [4.69, 9.17) is 11.6 Å². The first-order valence-electron chi connectivity index (χ1n) is 6.37. The summed E-state index contributed by atoms with van der Waals surface area (Å²) in [4.78, 5) is 25.5. The van der Waals surface area contributed by atoms with E-state index in [1.807, 2.05) is 30.3 Å². The maximum Gasteiger partial charge on any atom is 0.299 e. The van der Waals surface area contributed by atoms with Gasteiger partial charge in [-0.25, -0.2) is 0 Å². The van der Waals surface area contributed by atoms with Crippen molar-refractivity contribution in [3.8, 4) is 0 Å². The second-order valence-corrected chi connectivity index (χ2v) is 5.06. The topological polar surface area (TPSA) is 37.4 Å². The van der Waals surface area contributed by atoms with Crippen LogP contribution in [0.25, 0.3) is 0 Å². The predicted octanol–water partition coefficient (Wildman–Crippen LogP) is 3.11. The third kappa shape index (κ3) is 2.10. The molecule has 1 heterocycles. The number of benzene rings is 2. The van der Waals surface area contributed by atoms with Crippen molar-refractivity contribution in [3.05, 3.63) is 64.7 Å². The van der Waals surface area contributed by atoms with Crippen LogP contribution < -0.4 is 4.90 Å². The molecule has 0 N–H and O–H groups in total. The Kier molecular flexibility index (Phi) is 3.28. The minimum absolute atomic E-state index is 0.399. The average molecular weight is 286 g/mol. The molecule has 0 aromatic heterocycles. The Bertz CT molecular complexity index is 682. The zero-order valence-corrected chi connectivity index (χ0v) is 11.4. The summed E-state index contributed by atoms with van der Waals surface area (Å²) >= 11 is 6.13. The monoisotopic (exact) mass is 285 g/mol. The number of anilines is 1. The van der Waals surface area contributed by atoms with Crippen LogP contribution in [0.2, 0.25) is 5.02 Å². The second kappa shape index (κ2) is 5.10. The lowest BCUT2D eigenvalue weighted by Crippen LogP contribution is -2.31. The van der Waals surface area contributed by atoms with Gasteiger partial charge in [0.15, 0.2) is 0 Å². The number of hydrogen-bond acceptors (Lipinski definition) is 2. The normalized spacial score (nSPS) is 13.8. The molecule has 2 aromatic carbocycles. The van der Waals surface area contributed by atoms with Crippen molar-refractivity contribution in [3.63, 3.8) is 0 Å². The Balaban J connectivity index is 1.88. The molecular weight excluding hydrogens is 274 g/mol. The average Bonchev–Trinajstić information content (AvgIpc) is 2.72. The highest BCUT2D eigenvalue weighted by atomic mass is 35.5. The van der Waals surface area contributed by atoms with Gasteiger partial charge in [0.05, 0.1) is 16.3 Å². The number of Topliss-reactive ketones (excluding diaryl/α,β-unsaturated/α-hetero) is 1. The maximum absolute atomic E-state index is 12.1. The zero-order valence-electron chi connectivity index (χ0n) is 10.7. The first-order chi connectivity index (χ1) is 9.68. The Morgan fingerprint density at radius 2 is 1.70 bits per heavy atom. The van der Waals surface area contributed by atoms with Crippen molar-refractivity contribution in [2.24, 2.45) is 0 Å². The highest BCUT2D eigenvalue weighted by Gasteiger charge is 2.36. The minimum atomic E-state index is -0.496. The minimum Gasteiger partial charge on any atom is -0.303 e. The van der Waals surface area contributed by atoms with Crippen LogP contribution in [0.15, 0.2) is 48.5 Å².